The van der Waals surface area contributed by atoms with E-state index in [4.69, 9.17) is 0 Å². The summed E-state index contributed by atoms with van der Waals surface area (Å²) in [6.07, 6.45) is 7.63. The molecule has 3 heteroatoms. The molecule has 0 unspecified atom stereocenters. The third-order valence-corrected chi connectivity index (χ3v) is 1.41. The van der Waals surface area contributed by atoms with E-state index >= 15 is 0 Å². The smallest absolute Gasteiger partial charge is 0.0988 e. The van der Waals surface area contributed by atoms with Gasteiger partial charge < -0.3 is 4.57 Å². The lowest BCUT2D eigenvalue weighted by atomic mass is 10.3. The highest BCUT2D eigenvalue weighted by molar-refractivity contribution is 5.85. The van der Waals surface area contributed by atoms with Crippen LogP contribution in [0.25, 0.3) is 5.70 Å². The number of aromatic nitrogens is 2. The van der Waals surface area contributed by atoms with Gasteiger partial charge in [0.25, 0.3) is 0 Å². The molecule has 1 rings (SSSR count). The fourth-order valence-corrected chi connectivity index (χ4v) is 0.864. The maximum absolute atomic E-state index is 3.93. The summed E-state index contributed by atoms with van der Waals surface area (Å²) >= 11 is 0. The number of halogens is 1. The van der Waals surface area contributed by atoms with E-state index in [-0.39, 0.29) is 12.4 Å². The van der Waals surface area contributed by atoms with Crippen molar-refractivity contribution in [2.75, 3.05) is 0 Å². The molecule has 0 aliphatic rings. The van der Waals surface area contributed by atoms with Gasteiger partial charge in [-0.15, -0.1) is 12.4 Å². The normalized spacial score (nSPS) is 8.82. The third kappa shape index (κ3) is 2.76. The molecule has 11 heavy (non-hydrogen) atoms. The fourth-order valence-electron chi connectivity index (χ4n) is 0.864. The Balaban J connectivity index is 0.000001000. The van der Waals surface area contributed by atoms with Crippen molar-refractivity contribution in [3.05, 3.63) is 25.3 Å². The first-order valence-corrected chi connectivity index (χ1v) is 3.50. The van der Waals surface area contributed by atoms with Gasteiger partial charge in [-0.1, -0.05) is 19.9 Å². The minimum absolute atomic E-state index is 0. The van der Waals surface area contributed by atoms with Crippen molar-refractivity contribution in [2.24, 2.45) is 0 Å². The van der Waals surface area contributed by atoms with Crippen LogP contribution in [0.5, 0.6) is 0 Å². The van der Waals surface area contributed by atoms with Crippen molar-refractivity contribution in [3.63, 3.8) is 0 Å². The van der Waals surface area contributed by atoms with Crippen LogP contribution in [0.15, 0.2) is 25.3 Å². The minimum Gasteiger partial charge on any atom is -0.311 e. The van der Waals surface area contributed by atoms with Crippen molar-refractivity contribution < 1.29 is 0 Å². The lowest BCUT2D eigenvalue weighted by Crippen LogP contribution is -1.90. The molecule has 62 valence electrons. The van der Waals surface area contributed by atoms with E-state index in [1.54, 1.807) is 12.5 Å². The Morgan fingerprint density at radius 1 is 1.64 bits per heavy atom. The van der Waals surface area contributed by atoms with Crippen LogP contribution in [0.3, 0.4) is 0 Å². The van der Waals surface area contributed by atoms with E-state index < -0.39 is 0 Å². The SMILES string of the molecule is C=C(CCC)n1ccnc1.Cl. The summed E-state index contributed by atoms with van der Waals surface area (Å²) in [5.41, 5.74) is 1.11. The predicted molar refractivity (Wildman–Crippen MR) is 49.7 cm³/mol. The molecule has 0 saturated carbocycles. The third-order valence-electron chi connectivity index (χ3n) is 1.41. The second-order valence-electron chi connectivity index (χ2n) is 2.29. The quantitative estimate of drug-likeness (QED) is 0.686. The Hall–Kier alpha value is -0.760. The summed E-state index contributed by atoms with van der Waals surface area (Å²) in [7, 11) is 0. The van der Waals surface area contributed by atoms with Gasteiger partial charge in [-0.25, -0.2) is 4.98 Å². The van der Waals surface area contributed by atoms with Crippen LogP contribution in [0, 0.1) is 0 Å². The van der Waals surface area contributed by atoms with Crippen molar-refractivity contribution >= 4 is 18.1 Å². The molecule has 0 aliphatic carbocycles. The van der Waals surface area contributed by atoms with Gasteiger partial charge in [0.15, 0.2) is 0 Å². The maximum Gasteiger partial charge on any atom is 0.0988 e. The molecule has 1 aromatic rings. The van der Waals surface area contributed by atoms with Crippen LogP contribution in [-0.4, -0.2) is 9.55 Å². The Kier molecular flexibility index (Phi) is 4.62. The summed E-state index contributed by atoms with van der Waals surface area (Å²) in [6, 6.07) is 0. The van der Waals surface area contributed by atoms with Crippen LogP contribution in [0.1, 0.15) is 19.8 Å². The van der Waals surface area contributed by atoms with Gasteiger partial charge >= 0.3 is 0 Å². The molecular weight excluding hydrogens is 160 g/mol. The summed E-state index contributed by atoms with van der Waals surface area (Å²) < 4.78 is 1.95. The molecule has 0 aromatic carbocycles. The second-order valence-corrected chi connectivity index (χ2v) is 2.29. The van der Waals surface area contributed by atoms with Gasteiger partial charge in [0, 0.05) is 18.1 Å². The highest BCUT2D eigenvalue weighted by Gasteiger charge is 1.92. The van der Waals surface area contributed by atoms with Crippen molar-refractivity contribution in [1.29, 1.82) is 0 Å². The van der Waals surface area contributed by atoms with Gasteiger partial charge in [0.1, 0.15) is 0 Å². The minimum atomic E-state index is 0. The maximum atomic E-state index is 3.93. The summed E-state index contributed by atoms with van der Waals surface area (Å²) in [5.74, 6) is 0. The highest BCUT2D eigenvalue weighted by Crippen LogP contribution is 2.07. The van der Waals surface area contributed by atoms with Gasteiger partial charge in [0.2, 0.25) is 0 Å². The Labute approximate surface area is 73.4 Å². The molecule has 0 N–H and O–H groups in total. The molecule has 0 saturated heterocycles. The topological polar surface area (TPSA) is 17.8 Å². The van der Waals surface area contributed by atoms with Crippen LogP contribution in [-0.2, 0) is 0 Å². The van der Waals surface area contributed by atoms with E-state index in [1.807, 2.05) is 10.8 Å². The molecule has 1 aromatic heterocycles. The summed E-state index contributed by atoms with van der Waals surface area (Å²) in [4.78, 5) is 3.93. The molecule has 0 fully saturated rings. The molecular formula is C8H13ClN2. The van der Waals surface area contributed by atoms with Crippen LogP contribution in [0.4, 0.5) is 0 Å². The standard InChI is InChI=1S/C8H12N2.ClH/c1-3-4-8(2)10-6-5-9-7-10;/h5-7H,2-4H2,1H3;1H. The van der Waals surface area contributed by atoms with E-state index in [2.05, 4.69) is 18.5 Å². The first-order valence-electron chi connectivity index (χ1n) is 3.50. The predicted octanol–water partition coefficient (Wildman–Crippen LogP) is 2.58. The first-order chi connectivity index (χ1) is 4.84. The monoisotopic (exact) mass is 172 g/mol. The molecule has 1 heterocycles. The lowest BCUT2D eigenvalue weighted by Gasteiger charge is -2.02. The van der Waals surface area contributed by atoms with E-state index in [0.717, 1.165) is 18.5 Å². The Morgan fingerprint density at radius 3 is 2.82 bits per heavy atom. The lowest BCUT2D eigenvalue weighted by molar-refractivity contribution is 0.904. The average Bonchev–Trinajstić information content (AvgIpc) is 2.38. The van der Waals surface area contributed by atoms with Gasteiger partial charge in [0.05, 0.1) is 6.33 Å². The molecule has 0 bridgehead atoms. The van der Waals surface area contributed by atoms with Gasteiger partial charge in [-0.3, -0.25) is 0 Å². The Morgan fingerprint density at radius 2 is 2.36 bits per heavy atom. The van der Waals surface area contributed by atoms with Crippen molar-refractivity contribution in [3.8, 4) is 0 Å². The van der Waals surface area contributed by atoms with E-state index in [1.165, 1.54) is 0 Å². The molecule has 0 amide bonds. The van der Waals surface area contributed by atoms with Gasteiger partial charge in [-0.05, 0) is 6.42 Å². The highest BCUT2D eigenvalue weighted by atomic mass is 35.5. The summed E-state index contributed by atoms with van der Waals surface area (Å²) in [5, 5.41) is 0. The average molecular weight is 173 g/mol. The number of hydrogen-bond donors (Lipinski definition) is 0. The second kappa shape index (κ2) is 4.97. The largest absolute Gasteiger partial charge is 0.311 e. The molecule has 0 radical (unpaired) electrons. The number of hydrogen-bond acceptors (Lipinski definition) is 1. The van der Waals surface area contributed by atoms with E-state index in [0.29, 0.717) is 0 Å². The summed E-state index contributed by atoms with van der Waals surface area (Å²) in [6.45, 7) is 6.05. The van der Waals surface area contributed by atoms with Crippen LogP contribution < -0.4 is 0 Å². The number of nitrogens with zero attached hydrogens (tertiary/aromatic N) is 2. The van der Waals surface area contributed by atoms with E-state index in [9.17, 15) is 0 Å². The Bertz CT molecular complexity index is 204. The van der Waals surface area contributed by atoms with Crippen molar-refractivity contribution in [1.82, 2.24) is 9.55 Å². The van der Waals surface area contributed by atoms with Crippen molar-refractivity contribution in [2.45, 2.75) is 19.8 Å². The molecule has 0 aliphatic heterocycles. The zero-order valence-electron chi connectivity index (χ0n) is 6.66. The van der Waals surface area contributed by atoms with Gasteiger partial charge in [-0.2, -0.15) is 0 Å². The van der Waals surface area contributed by atoms with Crippen LogP contribution >= 0.6 is 12.4 Å². The first kappa shape index (κ1) is 10.2. The molecule has 0 atom stereocenters. The fraction of sp³-hybridized carbons (Fsp3) is 0.375. The molecule has 0 spiro atoms. The zero-order chi connectivity index (χ0) is 7.40. The number of allylic oxidation sites excluding steroid dienone is 1. The number of imidazole rings is 1. The number of rotatable bonds is 3. The zero-order valence-corrected chi connectivity index (χ0v) is 7.47. The van der Waals surface area contributed by atoms with Crippen LogP contribution in [0.2, 0.25) is 0 Å². The molecule has 2 nitrogen and oxygen atoms in total.